The van der Waals surface area contributed by atoms with Crippen molar-refractivity contribution >= 4 is 11.8 Å². The molecule has 1 fully saturated rings. The predicted molar refractivity (Wildman–Crippen MR) is 76.4 cm³/mol. The third-order valence-corrected chi connectivity index (χ3v) is 4.47. The largest absolute Gasteiger partial charge is 0.312 e. The summed E-state index contributed by atoms with van der Waals surface area (Å²) < 4.78 is 0. The maximum absolute atomic E-state index is 3.59. The lowest BCUT2D eigenvalue weighted by Gasteiger charge is -2.11. The van der Waals surface area contributed by atoms with E-state index in [0.29, 0.717) is 0 Å². The Labute approximate surface area is 109 Å². The van der Waals surface area contributed by atoms with Gasteiger partial charge in [-0.15, -0.1) is 11.8 Å². The summed E-state index contributed by atoms with van der Waals surface area (Å²) in [6.07, 6.45) is 6.38. The van der Waals surface area contributed by atoms with Gasteiger partial charge < -0.3 is 5.32 Å². The monoisotopic (exact) mass is 249 g/mol. The van der Waals surface area contributed by atoms with Crippen molar-refractivity contribution in [2.45, 2.75) is 37.6 Å². The molecule has 1 saturated carbocycles. The van der Waals surface area contributed by atoms with Gasteiger partial charge in [0.05, 0.1) is 0 Å². The molecule has 2 heteroatoms. The molecule has 1 aromatic rings. The van der Waals surface area contributed by atoms with Gasteiger partial charge in [0.2, 0.25) is 0 Å². The van der Waals surface area contributed by atoms with E-state index in [2.05, 4.69) is 42.8 Å². The molecule has 1 nitrogen and oxygen atoms in total. The molecule has 0 aromatic heterocycles. The number of rotatable bonds is 5. The molecule has 0 aliphatic heterocycles. The first-order chi connectivity index (χ1) is 8.28. The van der Waals surface area contributed by atoms with Crippen molar-refractivity contribution in [2.24, 2.45) is 11.8 Å². The number of nitrogens with one attached hydrogen (secondary N) is 1. The van der Waals surface area contributed by atoms with Crippen molar-refractivity contribution in [3.05, 3.63) is 29.8 Å². The summed E-state index contributed by atoms with van der Waals surface area (Å²) in [6, 6.07) is 8.88. The quantitative estimate of drug-likeness (QED) is 0.793. The van der Waals surface area contributed by atoms with E-state index in [4.69, 9.17) is 0 Å². The van der Waals surface area contributed by atoms with Crippen LogP contribution in [-0.4, -0.2) is 12.8 Å². The van der Waals surface area contributed by atoms with Crippen LogP contribution in [0, 0.1) is 11.8 Å². The molecule has 2 atom stereocenters. The SMILES string of the molecule is CSc1ccc(CNCC2CCC(C)C2)cc1. The number of hydrogen-bond donors (Lipinski definition) is 1. The van der Waals surface area contributed by atoms with Gasteiger partial charge in [-0.2, -0.15) is 0 Å². The summed E-state index contributed by atoms with van der Waals surface area (Å²) in [6.45, 7) is 4.58. The third kappa shape index (κ3) is 4.04. The average Bonchev–Trinajstić information content (AvgIpc) is 2.76. The van der Waals surface area contributed by atoms with Crippen LogP contribution in [0.2, 0.25) is 0 Å². The number of hydrogen-bond acceptors (Lipinski definition) is 2. The zero-order valence-electron chi connectivity index (χ0n) is 10.9. The molecular formula is C15H23NS. The van der Waals surface area contributed by atoms with Crippen molar-refractivity contribution < 1.29 is 0 Å². The maximum atomic E-state index is 3.59. The molecule has 1 N–H and O–H groups in total. The smallest absolute Gasteiger partial charge is 0.0205 e. The Morgan fingerprint density at radius 1 is 1.24 bits per heavy atom. The van der Waals surface area contributed by atoms with Crippen LogP contribution in [0.4, 0.5) is 0 Å². The van der Waals surface area contributed by atoms with Gasteiger partial charge in [-0.05, 0) is 55.2 Å². The summed E-state index contributed by atoms with van der Waals surface area (Å²) in [5.41, 5.74) is 1.40. The van der Waals surface area contributed by atoms with Crippen molar-refractivity contribution in [1.82, 2.24) is 5.32 Å². The van der Waals surface area contributed by atoms with Gasteiger partial charge in [-0.3, -0.25) is 0 Å². The lowest BCUT2D eigenvalue weighted by atomic mass is 10.1. The molecule has 1 aliphatic carbocycles. The summed E-state index contributed by atoms with van der Waals surface area (Å²) in [7, 11) is 0. The van der Waals surface area contributed by atoms with Gasteiger partial charge in [-0.1, -0.05) is 25.5 Å². The fourth-order valence-electron chi connectivity index (χ4n) is 2.67. The van der Waals surface area contributed by atoms with E-state index in [9.17, 15) is 0 Å². The predicted octanol–water partition coefficient (Wildman–Crippen LogP) is 3.93. The van der Waals surface area contributed by atoms with Gasteiger partial charge in [0.25, 0.3) is 0 Å². The van der Waals surface area contributed by atoms with Crippen LogP contribution in [0.25, 0.3) is 0 Å². The highest BCUT2D eigenvalue weighted by atomic mass is 32.2. The molecule has 0 amide bonds. The third-order valence-electron chi connectivity index (χ3n) is 3.72. The van der Waals surface area contributed by atoms with Crippen LogP contribution in [0.15, 0.2) is 29.2 Å². The van der Waals surface area contributed by atoms with Gasteiger partial charge in [0, 0.05) is 11.4 Å². The van der Waals surface area contributed by atoms with Crippen molar-refractivity contribution in [2.75, 3.05) is 12.8 Å². The number of thioether (sulfide) groups is 1. The molecule has 1 aliphatic rings. The molecule has 0 heterocycles. The highest BCUT2D eigenvalue weighted by Crippen LogP contribution is 2.29. The molecule has 0 spiro atoms. The number of benzene rings is 1. The van der Waals surface area contributed by atoms with E-state index in [1.807, 2.05) is 0 Å². The van der Waals surface area contributed by atoms with Crippen LogP contribution in [-0.2, 0) is 6.54 Å². The molecule has 2 unspecified atom stereocenters. The standard InChI is InChI=1S/C15H23NS/c1-12-3-4-14(9-12)11-16-10-13-5-7-15(17-2)8-6-13/h5-8,12,14,16H,3-4,9-11H2,1-2H3. The second-order valence-corrected chi connectivity index (χ2v) is 6.14. The van der Waals surface area contributed by atoms with Crippen LogP contribution >= 0.6 is 11.8 Å². The first-order valence-electron chi connectivity index (χ1n) is 6.61. The Balaban J connectivity index is 1.70. The Hall–Kier alpha value is -0.470. The van der Waals surface area contributed by atoms with Crippen LogP contribution in [0.1, 0.15) is 31.7 Å². The van der Waals surface area contributed by atoms with E-state index in [-0.39, 0.29) is 0 Å². The van der Waals surface area contributed by atoms with E-state index < -0.39 is 0 Å². The molecule has 17 heavy (non-hydrogen) atoms. The molecule has 2 rings (SSSR count). The van der Waals surface area contributed by atoms with E-state index >= 15 is 0 Å². The van der Waals surface area contributed by atoms with Crippen molar-refractivity contribution in [1.29, 1.82) is 0 Å². The highest BCUT2D eigenvalue weighted by molar-refractivity contribution is 7.98. The van der Waals surface area contributed by atoms with Crippen molar-refractivity contribution in [3.63, 3.8) is 0 Å². The van der Waals surface area contributed by atoms with Crippen molar-refractivity contribution in [3.8, 4) is 0 Å². The minimum atomic E-state index is 0.912. The average molecular weight is 249 g/mol. The fourth-order valence-corrected chi connectivity index (χ4v) is 3.08. The fraction of sp³-hybridized carbons (Fsp3) is 0.600. The van der Waals surface area contributed by atoms with Gasteiger partial charge >= 0.3 is 0 Å². The van der Waals surface area contributed by atoms with Crippen LogP contribution in [0.3, 0.4) is 0 Å². The minimum absolute atomic E-state index is 0.912. The first-order valence-corrected chi connectivity index (χ1v) is 7.84. The molecular weight excluding hydrogens is 226 g/mol. The zero-order valence-corrected chi connectivity index (χ0v) is 11.7. The van der Waals surface area contributed by atoms with Gasteiger partial charge in [-0.25, -0.2) is 0 Å². The van der Waals surface area contributed by atoms with Gasteiger partial charge in [0.15, 0.2) is 0 Å². The second kappa shape index (κ2) is 6.46. The second-order valence-electron chi connectivity index (χ2n) is 5.26. The molecule has 0 radical (unpaired) electrons. The van der Waals surface area contributed by atoms with E-state index in [0.717, 1.165) is 18.4 Å². The Morgan fingerprint density at radius 3 is 2.59 bits per heavy atom. The lowest BCUT2D eigenvalue weighted by molar-refractivity contribution is 0.470. The molecule has 1 aromatic carbocycles. The van der Waals surface area contributed by atoms with E-state index in [1.165, 1.54) is 36.3 Å². The molecule has 94 valence electrons. The minimum Gasteiger partial charge on any atom is -0.312 e. The lowest BCUT2D eigenvalue weighted by Crippen LogP contribution is -2.20. The summed E-state index contributed by atoms with van der Waals surface area (Å²) in [5.74, 6) is 1.86. The molecule has 0 bridgehead atoms. The Morgan fingerprint density at radius 2 is 2.00 bits per heavy atom. The van der Waals surface area contributed by atoms with E-state index in [1.54, 1.807) is 11.8 Å². The summed E-state index contributed by atoms with van der Waals surface area (Å²) in [4.78, 5) is 1.35. The normalized spacial score (nSPS) is 24.1. The maximum Gasteiger partial charge on any atom is 0.0205 e. The Kier molecular flexibility index (Phi) is 4.93. The van der Waals surface area contributed by atoms with Crippen LogP contribution < -0.4 is 5.32 Å². The first kappa shape index (κ1) is 13.0. The summed E-state index contributed by atoms with van der Waals surface area (Å²) in [5, 5.41) is 3.59. The summed E-state index contributed by atoms with van der Waals surface area (Å²) >= 11 is 1.80. The van der Waals surface area contributed by atoms with Crippen LogP contribution in [0.5, 0.6) is 0 Å². The topological polar surface area (TPSA) is 12.0 Å². The Bertz CT molecular complexity index is 333. The molecule has 0 saturated heterocycles. The highest BCUT2D eigenvalue weighted by Gasteiger charge is 2.20. The van der Waals surface area contributed by atoms with Gasteiger partial charge in [0.1, 0.15) is 0 Å². The zero-order chi connectivity index (χ0) is 12.1.